The zero-order valence-electron chi connectivity index (χ0n) is 30.3. The largest absolute Gasteiger partial charge is 0.502 e. The van der Waals surface area contributed by atoms with E-state index in [2.05, 4.69) is 0 Å². The Kier molecular flexibility index (Phi) is 10.1. The summed E-state index contributed by atoms with van der Waals surface area (Å²) >= 11 is 0. The molecule has 1 saturated carbocycles. The number of Topliss-reactive ketones (excluding diaryl/α,β-unsaturated/α-hetero) is 1. The van der Waals surface area contributed by atoms with Crippen molar-refractivity contribution in [3.05, 3.63) is 113 Å². The standard InChI is InChI=1S/C44H43NO9/c1-53-35-22-26(23-36(54-2)41(35)50)17-20-33-29-18-19-30-39(43(52)45(42(30)51)21-11-5-10-16-38(47)48)32(29)24-34-40(49)31(27-12-6-3-7-13-27)25-37(46)44(33,34)28-14-8-4-9-15-28/h3-4,6-9,12-15,17-18,20,22-23,25,30,32-34,39,50H,5,10-11,16,19,21,24H2,1-2H3,(H,47,48)/t30-,32+,33-,34-,39-,44-/m0/s1. The Morgan fingerprint density at radius 3 is 2.20 bits per heavy atom. The predicted molar refractivity (Wildman–Crippen MR) is 200 cm³/mol. The second-order valence-corrected chi connectivity index (χ2v) is 14.5. The third kappa shape index (κ3) is 6.13. The van der Waals surface area contributed by atoms with E-state index < -0.39 is 41.0 Å². The number of aromatic hydroxyl groups is 1. The summed E-state index contributed by atoms with van der Waals surface area (Å²) in [5.41, 5.74) is 1.75. The molecule has 0 bridgehead atoms. The van der Waals surface area contributed by atoms with E-state index in [0.29, 0.717) is 47.9 Å². The van der Waals surface area contributed by atoms with Crippen molar-refractivity contribution in [2.45, 2.75) is 43.9 Å². The van der Waals surface area contributed by atoms with Crippen molar-refractivity contribution in [3.63, 3.8) is 0 Å². The Morgan fingerprint density at radius 1 is 0.889 bits per heavy atom. The number of hydrogen-bond donors (Lipinski definition) is 2. The van der Waals surface area contributed by atoms with Crippen LogP contribution >= 0.6 is 0 Å². The first kappa shape index (κ1) is 36.6. The number of benzene rings is 3. The number of phenolic OH excluding ortho intramolecular Hbond substituents is 1. The van der Waals surface area contributed by atoms with Crippen molar-refractivity contribution in [2.75, 3.05) is 20.8 Å². The number of carbonyl (C=O) groups excluding carboxylic acids is 4. The van der Waals surface area contributed by atoms with Gasteiger partial charge in [0.2, 0.25) is 17.6 Å². The maximum absolute atomic E-state index is 15.1. The number of ether oxygens (including phenoxy) is 2. The molecule has 0 unspecified atom stereocenters. The number of unbranched alkanes of at least 4 members (excludes halogenated alkanes) is 2. The summed E-state index contributed by atoms with van der Waals surface area (Å²) in [4.78, 5) is 70.6. The van der Waals surface area contributed by atoms with Gasteiger partial charge in [0.05, 0.1) is 31.5 Å². The number of nitrogens with zero attached hydrogens (tertiary/aromatic N) is 1. The topological polar surface area (TPSA) is 148 Å². The van der Waals surface area contributed by atoms with Gasteiger partial charge in [-0.3, -0.25) is 28.9 Å². The van der Waals surface area contributed by atoms with Crippen LogP contribution in [-0.2, 0) is 29.4 Å². The molecule has 10 nitrogen and oxygen atoms in total. The molecular weight excluding hydrogens is 686 g/mol. The summed E-state index contributed by atoms with van der Waals surface area (Å²) in [7, 11) is 2.88. The molecule has 54 heavy (non-hydrogen) atoms. The van der Waals surface area contributed by atoms with Gasteiger partial charge >= 0.3 is 5.97 Å². The summed E-state index contributed by atoms with van der Waals surface area (Å²) in [5.74, 6) is -4.92. The van der Waals surface area contributed by atoms with Crippen LogP contribution in [0.25, 0.3) is 11.6 Å². The van der Waals surface area contributed by atoms with Crippen LogP contribution in [0.2, 0.25) is 0 Å². The van der Waals surface area contributed by atoms with E-state index in [-0.39, 0.29) is 60.0 Å². The number of phenols is 1. The van der Waals surface area contributed by atoms with Gasteiger partial charge in [0.25, 0.3) is 0 Å². The number of carboxylic acids is 1. The molecule has 2 fully saturated rings. The number of rotatable bonds is 12. The highest BCUT2D eigenvalue weighted by Crippen LogP contribution is 2.61. The summed E-state index contributed by atoms with van der Waals surface area (Å²) in [6.45, 7) is 0.204. The number of methoxy groups -OCH3 is 2. The van der Waals surface area contributed by atoms with Crippen molar-refractivity contribution in [1.82, 2.24) is 4.90 Å². The lowest BCUT2D eigenvalue weighted by molar-refractivity contribution is -0.141. The molecule has 0 spiro atoms. The number of fused-ring (bicyclic) bond motifs is 4. The zero-order valence-corrected chi connectivity index (χ0v) is 30.3. The quantitative estimate of drug-likeness (QED) is 0.122. The third-order valence-electron chi connectivity index (χ3n) is 11.8. The lowest BCUT2D eigenvalue weighted by atomic mass is 9.45. The molecule has 1 aliphatic heterocycles. The molecule has 6 atom stereocenters. The molecule has 0 aromatic heterocycles. The Labute approximate surface area is 313 Å². The van der Waals surface area contributed by atoms with E-state index in [1.165, 1.54) is 25.2 Å². The number of aliphatic carboxylic acids is 1. The van der Waals surface area contributed by atoms with Crippen LogP contribution < -0.4 is 9.47 Å². The molecule has 0 radical (unpaired) electrons. The molecule has 3 aromatic rings. The number of imide groups is 1. The minimum absolute atomic E-state index is 0.0256. The van der Waals surface area contributed by atoms with Crippen molar-refractivity contribution >= 4 is 41.0 Å². The van der Waals surface area contributed by atoms with Gasteiger partial charge < -0.3 is 19.7 Å². The molecule has 3 aromatic carbocycles. The van der Waals surface area contributed by atoms with Gasteiger partial charge in [-0.05, 0) is 66.5 Å². The number of carbonyl (C=O) groups is 5. The van der Waals surface area contributed by atoms with Gasteiger partial charge in [-0.2, -0.15) is 0 Å². The van der Waals surface area contributed by atoms with Crippen LogP contribution in [0.15, 0.2) is 96.6 Å². The summed E-state index contributed by atoms with van der Waals surface area (Å²) < 4.78 is 10.8. The molecule has 1 saturated heterocycles. The van der Waals surface area contributed by atoms with Crippen LogP contribution in [-0.4, -0.2) is 65.2 Å². The Balaban J connectivity index is 1.36. The Morgan fingerprint density at radius 2 is 1.56 bits per heavy atom. The fourth-order valence-corrected chi connectivity index (χ4v) is 9.35. The van der Waals surface area contributed by atoms with E-state index in [4.69, 9.17) is 14.6 Å². The lowest BCUT2D eigenvalue weighted by Gasteiger charge is -2.54. The van der Waals surface area contributed by atoms with Gasteiger partial charge in [-0.25, -0.2) is 0 Å². The molecule has 278 valence electrons. The lowest BCUT2D eigenvalue weighted by Crippen LogP contribution is -2.59. The van der Waals surface area contributed by atoms with Gasteiger partial charge in [-0.15, -0.1) is 0 Å². The van der Waals surface area contributed by atoms with Crippen LogP contribution in [0.1, 0.15) is 55.2 Å². The second kappa shape index (κ2) is 14.9. The first-order valence-corrected chi connectivity index (χ1v) is 18.4. The van der Waals surface area contributed by atoms with E-state index in [9.17, 15) is 19.5 Å². The maximum Gasteiger partial charge on any atom is 0.303 e. The number of allylic oxidation sites excluding steroid dienone is 5. The first-order chi connectivity index (χ1) is 26.1. The van der Waals surface area contributed by atoms with Gasteiger partial charge in [0.1, 0.15) is 0 Å². The Bertz CT molecular complexity index is 2060. The van der Waals surface area contributed by atoms with Crippen LogP contribution in [0, 0.1) is 29.6 Å². The van der Waals surface area contributed by atoms with E-state index in [1.807, 2.05) is 78.9 Å². The highest BCUT2D eigenvalue weighted by Gasteiger charge is 2.65. The smallest absolute Gasteiger partial charge is 0.303 e. The summed E-state index contributed by atoms with van der Waals surface area (Å²) in [5, 5.41) is 19.6. The molecule has 1 heterocycles. The number of carboxylic acid groups (broad SMARTS) is 1. The molecule has 4 aliphatic rings. The average molecular weight is 730 g/mol. The van der Waals surface area contributed by atoms with Crippen molar-refractivity contribution < 1.29 is 43.7 Å². The Hall–Kier alpha value is -5.77. The van der Waals surface area contributed by atoms with Crippen LogP contribution in [0.4, 0.5) is 0 Å². The van der Waals surface area contributed by atoms with Gasteiger partial charge in [0, 0.05) is 30.4 Å². The molecule has 3 aliphatic carbocycles. The van der Waals surface area contributed by atoms with Gasteiger partial charge in [-0.1, -0.05) is 90.9 Å². The van der Waals surface area contributed by atoms with Gasteiger partial charge in [0.15, 0.2) is 23.1 Å². The first-order valence-electron chi connectivity index (χ1n) is 18.4. The maximum atomic E-state index is 15.1. The monoisotopic (exact) mass is 729 g/mol. The molecule has 7 rings (SSSR count). The number of likely N-dealkylation sites (tertiary alicyclic amines) is 1. The molecule has 2 amide bonds. The van der Waals surface area contributed by atoms with Crippen molar-refractivity contribution in [2.24, 2.45) is 29.6 Å². The van der Waals surface area contributed by atoms with E-state index in [0.717, 1.165) is 5.57 Å². The minimum Gasteiger partial charge on any atom is -0.502 e. The number of ketones is 2. The molecular formula is C44H43NO9. The second-order valence-electron chi connectivity index (χ2n) is 14.5. The van der Waals surface area contributed by atoms with Crippen LogP contribution in [0.5, 0.6) is 17.2 Å². The van der Waals surface area contributed by atoms with Crippen LogP contribution in [0.3, 0.4) is 0 Å². The highest BCUT2D eigenvalue weighted by molar-refractivity contribution is 6.31. The third-order valence-corrected chi connectivity index (χ3v) is 11.8. The number of hydrogen-bond acceptors (Lipinski definition) is 8. The fourth-order valence-electron chi connectivity index (χ4n) is 9.35. The predicted octanol–water partition coefficient (Wildman–Crippen LogP) is 6.42. The van der Waals surface area contributed by atoms with Crippen molar-refractivity contribution in [3.8, 4) is 17.2 Å². The normalized spacial score (nSPS) is 26.2. The summed E-state index contributed by atoms with van der Waals surface area (Å²) in [6, 6.07) is 21.8. The minimum atomic E-state index is -1.36. The highest BCUT2D eigenvalue weighted by atomic mass is 16.5. The van der Waals surface area contributed by atoms with Crippen molar-refractivity contribution in [1.29, 1.82) is 0 Å². The van der Waals surface area contributed by atoms with E-state index >= 15 is 9.59 Å². The molecule has 2 N–H and O–H groups in total. The number of amides is 2. The average Bonchev–Trinajstić information content (AvgIpc) is 3.43. The zero-order chi connectivity index (χ0) is 38.1. The molecule has 10 heteroatoms. The summed E-state index contributed by atoms with van der Waals surface area (Å²) in [6.07, 6.45) is 9.29. The fraction of sp³-hybridized carbons (Fsp3) is 0.341. The SMILES string of the molecule is COc1cc(C=C[C@H]2C3=CC[C@@H]4C(=O)N(CCCCCC(=O)O)C(=O)[C@@H]4[C@@H]3C[C@H]3C(=O)C(c4ccccc4)=CC(=O)[C@@]23c2ccccc2)cc(OC)c1O. The van der Waals surface area contributed by atoms with E-state index in [1.54, 1.807) is 12.1 Å².